The summed E-state index contributed by atoms with van der Waals surface area (Å²) in [4.78, 5) is 18.7. The molecule has 1 spiro atoms. The van der Waals surface area contributed by atoms with Crippen LogP contribution < -0.4 is 0 Å². The van der Waals surface area contributed by atoms with Crippen molar-refractivity contribution in [2.45, 2.75) is 30.8 Å². The summed E-state index contributed by atoms with van der Waals surface area (Å²) >= 11 is 3.60. The van der Waals surface area contributed by atoms with Gasteiger partial charge in [-0.1, -0.05) is 0 Å². The Morgan fingerprint density at radius 3 is 3.00 bits per heavy atom. The molecule has 1 unspecified atom stereocenters. The SMILES string of the molecule is Cc1nc(COC2CSC3(C2)CN(C(=O)c2ccn(C)n2)C3)cs1. The second-order valence-corrected chi connectivity index (χ2v) is 9.08. The van der Waals surface area contributed by atoms with E-state index >= 15 is 0 Å². The fraction of sp³-hybridized carbons (Fsp3) is 0.562. The third-order valence-electron chi connectivity index (χ3n) is 4.49. The fourth-order valence-electron chi connectivity index (χ4n) is 3.29. The predicted molar refractivity (Wildman–Crippen MR) is 94.3 cm³/mol. The van der Waals surface area contributed by atoms with E-state index in [1.54, 1.807) is 28.3 Å². The molecule has 4 heterocycles. The van der Waals surface area contributed by atoms with Crippen molar-refractivity contribution in [3.8, 4) is 0 Å². The van der Waals surface area contributed by atoms with Crippen LogP contribution in [0.25, 0.3) is 0 Å². The molecule has 2 aliphatic rings. The van der Waals surface area contributed by atoms with Crippen molar-refractivity contribution in [3.63, 3.8) is 0 Å². The number of hydrogen-bond donors (Lipinski definition) is 0. The topological polar surface area (TPSA) is 60.2 Å². The van der Waals surface area contributed by atoms with Crippen LogP contribution in [0.3, 0.4) is 0 Å². The number of likely N-dealkylation sites (tertiary alicyclic amines) is 1. The first-order valence-corrected chi connectivity index (χ1v) is 9.85. The number of aromatic nitrogens is 3. The molecule has 2 aliphatic heterocycles. The summed E-state index contributed by atoms with van der Waals surface area (Å²) in [5.74, 6) is 1.03. The van der Waals surface area contributed by atoms with Gasteiger partial charge in [0.1, 0.15) is 5.69 Å². The van der Waals surface area contributed by atoms with E-state index in [9.17, 15) is 4.79 Å². The lowest BCUT2D eigenvalue weighted by Crippen LogP contribution is -2.60. The maximum absolute atomic E-state index is 12.4. The third-order valence-corrected chi connectivity index (χ3v) is 6.88. The number of rotatable bonds is 4. The van der Waals surface area contributed by atoms with Gasteiger partial charge in [0.2, 0.25) is 0 Å². The molecule has 1 atom stereocenters. The Bertz CT molecular complexity index is 751. The Balaban J connectivity index is 1.27. The van der Waals surface area contributed by atoms with Gasteiger partial charge in [-0.05, 0) is 19.4 Å². The van der Waals surface area contributed by atoms with Crippen molar-refractivity contribution >= 4 is 29.0 Å². The number of ether oxygens (including phenoxy) is 1. The molecule has 0 radical (unpaired) electrons. The summed E-state index contributed by atoms with van der Waals surface area (Å²) < 4.78 is 7.86. The van der Waals surface area contributed by atoms with Crippen LogP contribution in [-0.4, -0.2) is 55.3 Å². The molecule has 2 saturated heterocycles. The molecular weight excluding hydrogens is 344 g/mol. The van der Waals surface area contributed by atoms with E-state index < -0.39 is 0 Å². The van der Waals surface area contributed by atoms with Gasteiger partial charge < -0.3 is 9.64 Å². The monoisotopic (exact) mass is 364 g/mol. The predicted octanol–water partition coefficient (Wildman–Crippen LogP) is 2.10. The molecule has 128 valence electrons. The number of nitrogens with zero attached hydrogens (tertiary/aromatic N) is 4. The fourth-order valence-corrected chi connectivity index (χ4v) is 5.44. The van der Waals surface area contributed by atoms with Gasteiger partial charge in [0.05, 0.1) is 28.2 Å². The van der Waals surface area contributed by atoms with Crippen molar-refractivity contribution in [2.24, 2.45) is 7.05 Å². The minimum atomic E-state index is 0.0316. The van der Waals surface area contributed by atoms with Gasteiger partial charge in [0.15, 0.2) is 0 Å². The highest BCUT2D eigenvalue weighted by Crippen LogP contribution is 2.46. The molecule has 6 nitrogen and oxygen atoms in total. The maximum Gasteiger partial charge on any atom is 0.274 e. The molecule has 0 N–H and O–H groups in total. The zero-order valence-electron chi connectivity index (χ0n) is 13.8. The Labute approximate surface area is 149 Å². The van der Waals surface area contributed by atoms with Gasteiger partial charge >= 0.3 is 0 Å². The van der Waals surface area contributed by atoms with Crippen molar-refractivity contribution in [1.82, 2.24) is 19.7 Å². The number of carbonyl (C=O) groups excluding carboxylic acids is 1. The quantitative estimate of drug-likeness (QED) is 0.831. The molecule has 0 aromatic carbocycles. The minimum absolute atomic E-state index is 0.0316. The lowest BCUT2D eigenvalue weighted by molar-refractivity contribution is 0.0244. The number of thiazole rings is 1. The molecule has 0 saturated carbocycles. The molecule has 4 rings (SSSR count). The van der Waals surface area contributed by atoms with E-state index in [2.05, 4.69) is 15.5 Å². The lowest BCUT2D eigenvalue weighted by atomic mass is 9.92. The molecule has 2 aromatic heterocycles. The Hall–Kier alpha value is -1.38. The van der Waals surface area contributed by atoms with Crippen LogP contribution in [0.1, 0.15) is 27.6 Å². The summed E-state index contributed by atoms with van der Waals surface area (Å²) in [5.41, 5.74) is 1.55. The van der Waals surface area contributed by atoms with Crippen LogP contribution in [0.4, 0.5) is 0 Å². The standard InChI is InChI=1S/C16H20N4O2S2/c1-11-17-12(7-23-11)6-22-13-5-16(24-8-13)9-20(10-16)15(21)14-3-4-19(2)18-14/h3-4,7,13H,5-6,8-10H2,1-2H3. The molecule has 2 fully saturated rings. The van der Waals surface area contributed by atoms with E-state index in [0.717, 1.165) is 36.0 Å². The smallest absolute Gasteiger partial charge is 0.274 e. The molecular formula is C16H20N4O2S2. The van der Waals surface area contributed by atoms with Crippen LogP contribution in [0.5, 0.6) is 0 Å². The second-order valence-electron chi connectivity index (χ2n) is 6.52. The first kappa shape index (κ1) is 16.1. The van der Waals surface area contributed by atoms with Gasteiger partial charge in [-0.2, -0.15) is 5.10 Å². The van der Waals surface area contributed by atoms with E-state index in [1.165, 1.54) is 0 Å². The molecule has 0 bridgehead atoms. The van der Waals surface area contributed by atoms with Crippen LogP contribution in [0.2, 0.25) is 0 Å². The van der Waals surface area contributed by atoms with Crippen LogP contribution in [0, 0.1) is 6.92 Å². The van der Waals surface area contributed by atoms with E-state index in [-0.39, 0.29) is 16.8 Å². The van der Waals surface area contributed by atoms with Gasteiger partial charge in [0.25, 0.3) is 5.91 Å². The molecule has 8 heteroatoms. The number of thioether (sulfide) groups is 1. The van der Waals surface area contributed by atoms with Gasteiger partial charge in [-0.3, -0.25) is 9.48 Å². The van der Waals surface area contributed by atoms with Crippen molar-refractivity contribution in [3.05, 3.63) is 34.0 Å². The van der Waals surface area contributed by atoms with E-state index in [4.69, 9.17) is 4.74 Å². The number of amides is 1. The summed E-state index contributed by atoms with van der Waals surface area (Å²) in [6.45, 7) is 4.18. The summed E-state index contributed by atoms with van der Waals surface area (Å²) in [5, 5.41) is 7.33. The third kappa shape index (κ3) is 3.10. The minimum Gasteiger partial charge on any atom is -0.371 e. The number of aryl methyl sites for hydroxylation is 2. The van der Waals surface area contributed by atoms with E-state index in [1.807, 2.05) is 30.6 Å². The van der Waals surface area contributed by atoms with Crippen LogP contribution in [-0.2, 0) is 18.4 Å². The summed E-state index contributed by atoms with van der Waals surface area (Å²) in [6.07, 6.45) is 3.06. The molecule has 1 amide bonds. The first-order valence-electron chi connectivity index (χ1n) is 7.98. The maximum atomic E-state index is 12.4. The van der Waals surface area contributed by atoms with Crippen LogP contribution >= 0.6 is 23.1 Å². The lowest BCUT2D eigenvalue weighted by Gasteiger charge is -2.47. The Kier molecular flexibility index (Phi) is 4.14. The van der Waals surface area contributed by atoms with Gasteiger partial charge in [0, 0.05) is 37.5 Å². The van der Waals surface area contributed by atoms with E-state index in [0.29, 0.717) is 12.3 Å². The normalized spacial score (nSPS) is 22.1. The summed E-state index contributed by atoms with van der Waals surface area (Å²) in [6, 6.07) is 1.77. The van der Waals surface area contributed by atoms with Crippen LogP contribution in [0.15, 0.2) is 17.6 Å². The first-order chi connectivity index (χ1) is 11.5. The average molecular weight is 364 g/mol. The van der Waals surface area contributed by atoms with Gasteiger partial charge in [-0.15, -0.1) is 23.1 Å². The summed E-state index contributed by atoms with van der Waals surface area (Å²) in [7, 11) is 1.83. The Morgan fingerprint density at radius 2 is 2.33 bits per heavy atom. The van der Waals surface area contributed by atoms with Crippen molar-refractivity contribution < 1.29 is 9.53 Å². The van der Waals surface area contributed by atoms with Gasteiger partial charge in [-0.25, -0.2) is 4.98 Å². The zero-order valence-corrected chi connectivity index (χ0v) is 15.4. The highest BCUT2D eigenvalue weighted by molar-refractivity contribution is 8.01. The van der Waals surface area contributed by atoms with Crippen molar-refractivity contribution in [2.75, 3.05) is 18.8 Å². The molecule has 2 aromatic rings. The largest absolute Gasteiger partial charge is 0.371 e. The zero-order chi connectivity index (χ0) is 16.7. The number of hydrogen-bond acceptors (Lipinski definition) is 6. The molecule has 0 aliphatic carbocycles. The van der Waals surface area contributed by atoms with Crippen molar-refractivity contribution in [1.29, 1.82) is 0 Å². The highest BCUT2D eigenvalue weighted by atomic mass is 32.2. The number of carbonyl (C=O) groups is 1. The Morgan fingerprint density at radius 1 is 1.50 bits per heavy atom. The average Bonchev–Trinajstić information content (AvgIpc) is 3.22. The second kappa shape index (κ2) is 6.16. The highest BCUT2D eigenvalue weighted by Gasteiger charge is 2.51. The molecule has 24 heavy (non-hydrogen) atoms.